The second kappa shape index (κ2) is 7.45. The maximum absolute atomic E-state index is 12.9. The van der Waals surface area contributed by atoms with E-state index in [-0.39, 0.29) is 5.91 Å². The molecule has 0 spiro atoms. The molecule has 0 saturated heterocycles. The molecule has 0 fully saturated rings. The van der Waals surface area contributed by atoms with E-state index in [4.69, 9.17) is 0 Å². The van der Waals surface area contributed by atoms with Gasteiger partial charge in [-0.2, -0.15) is 0 Å². The third kappa shape index (κ3) is 3.94. The third-order valence-electron chi connectivity index (χ3n) is 3.72. The van der Waals surface area contributed by atoms with E-state index < -0.39 is 11.7 Å². The molecular formula is C19H16FN3O2S. The normalized spacial score (nSPS) is 10.4. The van der Waals surface area contributed by atoms with Crippen molar-refractivity contribution < 1.29 is 14.0 Å². The van der Waals surface area contributed by atoms with E-state index in [1.54, 1.807) is 6.92 Å². The van der Waals surface area contributed by atoms with Crippen molar-refractivity contribution in [3.05, 3.63) is 76.0 Å². The first-order valence-corrected chi connectivity index (χ1v) is 8.67. The molecule has 0 bridgehead atoms. The number of anilines is 2. The standard InChI is InChI=1S/C19H16FN3O2S/c1-11-5-3-4-6-15(11)22-18(25)16-12(2)21-19(26-16)23-17(24)13-7-9-14(20)10-8-13/h3-10H,1-2H3,(H,22,25)(H,21,23,24). The minimum absolute atomic E-state index is 0.281. The Labute approximate surface area is 153 Å². The van der Waals surface area contributed by atoms with Crippen LogP contribution < -0.4 is 10.6 Å². The number of carbonyl (C=O) groups excluding carboxylic acids is 2. The lowest BCUT2D eigenvalue weighted by Crippen LogP contribution is -2.12. The summed E-state index contributed by atoms with van der Waals surface area (Å²) in [7, 11) is 0. The predicted molar refractivity (Wildman–Crippen MR) is 100 cm³/mol. The second-order valence-corrected chi connectivity index (χ2v) is 6.66. The van der Waals surface area contributed by atoms with Gasteiger partial charge < -0.3 is 5.32 Å². The van der Waals surface area contributed by atoms with Gasteiger partial charge in [0.25, 0.3) is 11.8 Å². The molecule has 7 heteroatoms. The Bertz CT molecular complexity index is 967. The predicted octanol–water partition coefficient (Wildman–Crippen LogP) is 4.40. The van der Waals surface area contributed by atoms with Gasteiger partial charge in [-0.05, 0) is 49.7 Å². The lowest BCUT2D eigenvalue weighted by atomic mass is 10.2. The van der Waals surface area contributed by atoms with E-state index in [0.29, 0.717) is 21.3 Å². The molecule has 2 amide bonds. The molecule has 0 unspecified atom stereocenters. The molecule has 2 N–H and O–H groups in total. The van der Waals surface area contributed by atoms with Gasteiger partial charge in [0, 0.05) is 11.3 Å². The van der Waals surface area contributed by atoms with E-state index in [9.17, 15) is 14.0 Å². The zero-order valence-electron chi connectivity index (χ0n) is 14.2. The fourth-order valence-corrected chi connectivity index (χ4v) is 3.18. The number of para-hydroxylation sites is 1. The molecule has 0 aliphatic rings. The van der Waals surface area contributed by atoms with E-state index in [1.165, 1.54) is 24.3 Å². The summed E-state index contributed by atoms with van der Waals surface area (Å²) in [6, 6.07) is 12.7. The number of carbonyl (C=O) groups is 2. The van der Waals surface area contributed by atoms with Gasteiger partial charge in [0.05, 0.1) is 5.69 Å². The minimum atomic E-state index is -0.415. The molecule has 0 atom stereocenters. The molecule has 1 aromatic heterocycles. The van der Waals surface area contributed by atoms with Crippen molar-refractivity contribution in [2.45, 2.75) is 13.8 Å². The summed E-state index contributed by atoms with van der Waals surface area (Å²) in [5.41, 5.74) is 2.51. The van der Waals surface area contributed by atoms with Crippen LogP contribution in [0.25, 0.3) is 0 Å². The van der Waals surface area contributed by atoms with Gasteiger partial charge in [0.15, 0.2) is 5.13 Å². The summed E-state index contributed by atoms with van der Waals surface area (Å²) in [5.74, 6) is -1.11. The summed E-state index contributed by atoms with van der Waals surface area (Å²) in [4.78, 5) is 29.3. The topological polar surface area (TPSA) is 71.1 Å². The van der Waals surface area contributed by atoms with Crippen LogP contribution in [0.15, 0.2) is 48.5 Å². The first-order valence-electron chi connectivity index (χ1n) is 7.85. The van der Waals surface area contributed by atoms with Crippen LogP contribution in [0.5, 0.6) is 0 Å². The van der Waals surface area contributed by atoms with Crippen LogP contribution in [0.1, 0.15) is 31.3 Å². The van der Waals surface area contributed by atoms with Gasteiger partial charge in [-0.1, -0.05) is 29.5 Å². The highest BCUT2D eigenvalue weighted by Gasteiger charge is 2.17. The van der Waals surface area contributed by atoms with Crippen LogP contribution in [0, 0.1) is 19.7 Å². The van der Waals surface area contributed by atoms with Crippen LogP contribution in [0.3, 0.4) is 0 Å². The van der Waals surface area contributed by atoms with Crippen molar-refractivity contribution in [3.63, 3.8) is 0 Å². The Morgan fingerprint density at radius 3 is 2.35 bits per heavy atom. The highest BCUT2D eigenvalue weighted by molar-refractivity contribution is 7.17. The highest BCUT2D eigenvalue weighted by Crippen LogP contribution is 2.25. The Hall–Kier alpha value is -3.06. The van der Waals surface area contributed by atoms with Gasteiger partial charge in [-0.25, -0.2) is 9.37 Å². The number of halogens is 1. The van der Waals surface area contributed by atoms with Gasteiger partial charge in [0.1, 0.15) is 10.7 Å². The molecule has 3 rings (SSSR count). The molecule has 132 valence electrons. The smallest absolute Gasteiger partial charge is 0.267 e. The monoisotopic (exact) mass is 369 g/mol. The van der Waals surface area contributed by atoms with Crippen molar-refractivity contribution >= 4 is 34.0 Å². The molecule has 3 aromatic rings. The van der Waals surface area contributed by atoms with E-state index in [0.717, 1.165) is 22.6 Å². The fourth-order valence-electron chi connectivity index (χ4n) is 2.32. The Kier molecular flexibility index (Phi) is 5.09. The first-order chi connectivity index (χ1) is 12.4. The summed E-state index contributed by atoms with van der Waals surface area (Å²) < 4.78 is 12.9. The van der Waals surface area contributed by atoms with E-state index in [1.807, 2.05) is 31.2 Å². The summed E-state index contributed by atoms with van der Waals surface area (Å²) in [5, 5.41) is 5.80. The first kappa shape index (κ1) is 17.8. The van der Waals surface area contributed by atoms with Crippen LogP contribution in [0.4, 0.5) is 15.2 Å². The second-order valence-electron chi connectivity index (χ2n) is 5.66. The number of amides is 2. The van der Waals surface area contributed by atoms with Crippen molar-refractivity contribution in [2.24, 2.45) is 0 Å². The van der Waals surface area contributed by atoms with Crippen molar-refractivity contribution in [3.8, 4) is 0 Å². The van der Waals surface area contributed by atoms with Crippen LogP contribution in [0.2, 0.25) is 0 Å². The van der Waals surface area contributed by atoms with Gasteiger partial charge in [-0.3, -0.25) is 14.9 Å². The molecule has 2 aromatic carbocycles. The van der Waals surface area contributed by atoms with E-state index in [2.05, 4.69) is 15.6 Å². The maximum atomic E-state index is 12.9. The summed E-state index contributed by atoms with van der Waals surface area (Å²) >= 11 is 1.09. The Morgan fingerprint density at radius 2 is 1.65 bits per heavy atom. The summed E-state index contributed by atoms with van der Waals surface area (Å²) in [6.07, 6.45) is 0. The average Bonchev–Trinajstić information content (AvgIpc) is 2.98. The van der Waals surface area contributed by atoms with Gasteiger partial charge >= 0.3 is 0 Å². The quantitative estimate of drug-likeness (QED) is 0.716. The number of hydrogen-bond acceptors (Lipinski definition) is 4. The third-order valence-corrected chi connectivity index (χ3v) is 4.79. The summed E-state index contributed by atoms with van der Waals surface area (Å²) in [6.45, 7) is 3.61. The Balaban J connectivity index is 1.74. The van der Waals surface area contributed by atoms with Gasteiger partial charge in [0.2, 0.25) is 0 Å². The highest BCUT2D eigenvalue weighted by atomic mass is 32.1. The van der Waals surface area contributed by atoms with Crippen LogP contribution in [-0.2, 0) is 0 Å². The number of aromatic nitrogens is 1. The fraction of sp³-hybridized carbons (Fsp3) is 0.105. The molecule has 0 aliphatic heterocycles. The number of nitrogens with zero attached hydrogens (tertiary/aromatic N) is 1. The SMILES string of the molecule is Cc1ccccc1NC(=O)c1sc(NC(=O)c2ccc(F)cc2)nc1C. The molecule has 26 heavy (non-hydrogen) atoms. The molecule has 0 saturated carbocycles. The molecule has 1 heterocycles. The van der Waals surface area contributed by atoms with Crippen molar-refractivity contribution in [1.82, 2.24) is 4.98 Å². The number of aryl methyl sites for hydroxylation is 2. The number of thiazole rings is 1. The lowest BCUT2D eigenvalue weighted by molar-refractivity contribution is 0.102. The molecular weight excluding hydrogens is 353 g/mol. The molecule has 5 nitrogen and oxygen atoms in total. The van der Waals surface area contributed by atoms with Crippen LogP contribution >= 0.6 is 11.3 Å². The van der Waals surface area contributed by atoms with Crippen LogP contribution in [-0.4, -0.2) is 16.8 Å². The minimum Gasteiger partial charge on any atom is -0.321 e. The lowest BCUT2D eigenvalue weighted by Gasteiger charge is -2.06. The number of benzene rings is 2. The molecule has 0 aliphatic carbocycles. The van der Waals surface area contributed by atoms with Gasteiger partial charge in [-0.15, -0.1) is 0 Å². The largest absolute Gasteiger partial charge is 0.321 e. The number of hydrogen-bond donors (Lipinski definition) is 2. The van der Waals surface area contributed by atoms with Crippen molar-refractivity contribution in [1.29, 1.82) is 0 Å². The zero-order chi connectivity index (χ0) is 18.7. The number of nitrogens with one attached hydrogen (secondary N) is 2. The molecule has 0 radical (unpaired) electrons. The van der Waals surface area contributed by atoms with E-state index >= 15 is 0 Å². The van der Waals surface area contributed by atoms with Crippen molar-refractivity contribution in [2.75, 3.05) is 10.6 Å². The average molecular weight is 369 g/mol. The number of rotatable bonds is 4. The maximum Gasteiger partial charge on any atom is 0.267 e. The zero-order valence-corrected chi connectivity index (χ0v) is 15.0. The Morgan fingerprint density at radius 1 is 0.962 bits per heavy atom.